The van der Waals surface area contributed by atoms with Crippen molar-refractivity contribution in [2.45, 2.75) is 45.7 Å². The molecule has 1 rings (SSSR count). The third-order valence-electron chi connectivity index (χ3n) is 3.35. The molecule has 104 valence electrons. The molecule has 1 fully saturated rings. The molecule has 6 heteroatoms. The number of nitrogens with one attached hydrogen (secondary N) is 2. The summed E-state index contributed by atoms with van der Waals surface area (Å²) in [6.45, 7) is 7.53. The van der Waals surface area contributed by atoms with Gasteiger partial charge in [0.25, 0.3) is 11.8 Å². The minimum Gasteiger partial charge on any atom is -0.357 e. The minimum atomic E-state index is -0.985. The highest BCUT2D eigenvalue weighted by Crippen LogP contribution is 2.42. The highest BCUT2D eigenvalue weighted by atomic mass is 16.8. The molecule has 6 nitrogen and oxygen atoms in total. The summed E-state index contributed by atoms with van der Waals surface area (Å²) in [5.41, 5.74) is -0.359. The number of hydrogen-bond acceptors (Lipinski definition) is 4. The van der Waals surface area contributed by atoms with E-state index in [9.17, 15) is 9.59 Å². The second-order valence-electron chi connectivity index (χ2n) is 5.50. The van der Waals surface area contributed by atoms with Crippen LogP contribution in [-0.2, 0) is 19.1 Å². The van der Waals surface area contributed by atoms with Gasteiger partial charge in [0.1, 0.15) is 0 Å². The van der Waals surface area contributed by atoms with E-state index in [4.69, 9.17) is 9.47 Å². The number of hydrogen-bond donors (Lipinski definition) is 2. The first-order valence-corrected chi connectivity index (χ1v) is 5.95. The van der Waals surface area contributed by atoms with Crippen molar-refractivity contribution < 1.29 is 19.1 Å². The summed E-state index contributed by atoms with van der Waals surface area (Å²) in [6, 6.07) is 0. The molecule has 0 saturated carbocycles. The van der Waals surface area contributed by atoms with Crippen LogP contribution < -0.4 is 10.6 Å². The highest BCUT2D eigenvalue weighted by molar-refractivity contribution is 5.91. The van der Waals surface area contributed by atoms with Crippen molar-refractivity contribution >= 4 is 11.8 Å². The molecule has 0 radical (unpaired) electrons. The summed E-state index contributed by atoms with van der Waals surface area (Å²) in [7, 11) is 3.00. The molecule has 0 aliphatic carbocycles. The SMILES string of the molecule is CNC(=O)C1OC(C)(C(C)(C)C)OC1C(=O)NC. The normalized spacial score (nSPS) is 32.1. The van der Waals surface area contributed by atoms with Crippen molar-refractivity contribution in [3.05, 3.63) is 0 Å². The zero-order valence-corrected chi connectivity index (χ0v) is 11.8. The van der Waals surface area contributed by atoms with Gasteiger partial charge in [-0.3, -0.25) is 9.59 Å². The first-order valence-electron chi connectivity index (χ1n) is 5.95. The summed E-state index contributed by atoms with van der Waals surface area (Å²) in [5, 5.41) is 4.96. The number of carbonyl (C=O) groups is 2. The van der Waals surface area contributed by atoms with Gasteiger partial charge in [-0.2, -0.15) is 0 Å². The zero-order valence-electron chi connectivity index (χ0n) is 11.8. The predicted octanol–water partition coefficient (Wildman–Crippen LogP) is 0.0247. The Morgan fingerprint density at radius 2 is 1.33 bits per heavy atom. The molecule has 1 saturated heterocycles. The number of rotatable bonds is 2. The number of amides is 2. The van der Waals surface area contributed by atoms with Gasteiger partial charge in [-0.1, -0.05) is 20.8 Å². The molecule has 1 aliphatic rings. The van der Waals surface area contributed by atoms with E-state index in [1.54, 1.807) is 6.92 Å². The molecule has 2 amide bonds. The molecule has 0 aromatic heterocycles. The van der Waals surface area contributed by atoms with Crippen molar-refractivity contribution in [1.82, 2.24) is 10.6 Å². The van der Waals surface area contributed by atoms with Gasteiger partial charge < -0.3 is 20.1 Å². The van der Waals surface area contributed by atoms with Crippen LogP contribution in [0.4, 0.5) is 0 Å². The van der Waals surface area contributed by atoms with Gasteiger partial charge in [-0.05, 0) is 6.92 Å². The van der Waals surface area contributed by atoms with E-state index >= 15 is 0 Å². The summed E-state index contributed by atoms with van der Waals surface area (Å²) in [4.78, 5) is 23.5. The highest BCUT2D eigenvalue weighted by Gasteiger charge is 2.55. The smallest absolute Gasteiger partial charge is 0.252 e. The maximum atomic E-state index is 11.8. The van der Waals surface area contributed by atoms with Gasteiger partial charge in [0.05, 0.1) is 0 Å². The van der Waals surface area contributed by atoms with E-state index in [1.165, 1.54) is 14.1 Å². The second kappa shape index (κ2) is 4.85. The van der Waals surface area contributed by atoms with Gasteiger partial charge in [0.2, 0.25) is 0 Å². The van der Waals surface area contributed by atoms with E-state index in [0.717, 1.165) is 0 Å². The molecular weight excluding hydrogens is 236 g/mol. The summed E-state index contributed by atoms with van der Waals surface area (Å²) in [5.74, 6) is -1.71. The Morgan fingerprint density at radius 3 is 1.56 bits per heavy atom. The van der Waals surface area contributed by atoms with Crippen LogP contribution in [0, 0.1) is 5.41 Å². The van der Waals surface area contributed by atoms with E-state index < -0.39 is 18.0 Å². The Kier molecular flexibility index (Phi) is 4.02. The predicted molar refractivity (Wildman–Crippen MR) is 65.7 cm³/mol. The third kappa shape index (κ3) is 2.49. The largest absolute Gasteiger partial charge is 0.357 e. The Hall–Kier alpha value is -1.14. The van der Waals surface area contributed by atoms with Crippen LogP contribution in [0.15, 0.2) is 0 Å². The topological polar surface area (TPSA) is 76.7 Å². The molecule has 1 heterocycles. The van der Waals surface area contributed by atoms with Crippen molar-refractivity contribution in [2.24, 2.45) is 5.41 Å². The van der Waals surface area contributed by atoms with Crippen molar-refractivity contribution in [3.63, 3.8) is 0 Å². The minimum absolute atomic E-state index is 0.359. The molecule has 18 heavy (non-hydrogen) atoms. The van der Waals surface area contributed by atoms with E-state index in [2.05, 4.69) is 10.6 Å². The number of ether oxygens (including phenoxy) is 2. The zero-order chi connectivity index (χ0) is 14.1. The van der Waals surface area contributed by atoms with Crippen molar-refractivity contribution in [1.29, 1.82) is 0 Å². The van der Waals surface area contributed by atoms with E-state index in [1.807, 2.05) is 20.8 Å². The maximum Gasteiger partial charge on any atom is 0.252 e. The molecule has 2 unspecified atom stereocenters. The van der Waals surface area contributed by atoms with Crippen molar-refractivity contribution in [3.8, 4) is 0 Å². The fourth-order valence-corrected chi connectivity index (χ4v) is 1.66. The molecular formula is C12H22N2O4. The molecule has 2 N–H and O–H groups in total. The lowest BCUT2D eigenvalue weighted by Gasteiger charge is -2.36. The summed E-state index contributed by atoms with van der Waals surface area (Å²) >= 11 is 0. The Morgan fingerprint density at radius 1 is 1.00 bits per heavy atom. The van der Waals surface area contributed by atoms with Gasteiger partial charge in [0, 0.05) is 19.5 Å². The lowest BCUT2D eigenvalue weighted by Crippen LogP contribution is -2.46. The first kappa shape index (κ1) is 14.9. The van der Waals surface area contributed by atoms with Crippen LogP contribution in [0.2, 0.25) is 0 Å². The molecule has 0 aromatic carbocycles. The average Bonchev–Trinajstić information content (AvgIpc) is 2.66. The molecule has 0 spiro atoms. The molecule has 2 atom stereocenters. The fourth-order valence-electron chi connectivity index (χ4n) is 1.66. The van der Waals surface area contributed by atoms with Gasteiger partial charge >= 0.3 is 0 Å². The first-order chi connectivity index (χ1) is 8.16. The van der Waals surface area contributed by atoms with Crippen molar-refractivity contribution in [2.75, 3.05) is 14.1 Å². The van der Waals surface area contributed by atoms with Crippen LogP contribution in [0.1, 0.15) is 27.7 Å². The van der Waals surface area contributed by atoms with Crippen LogP contribution >= 0.6 is 0 Å². The maximum absolute atomic E-state index is 11.8. The van der Waals surface area contributed by atoms with Gasteiger partial charge in [-0.15, -0.1) is 0 Å². The molecule has 0 bridgehead atoms. The molecule has 1 aliphatic heterocycles. The van der Waals surface area contributed by atoms with E-state index in [-0.39, 0.29) is 17.2 Å². The van der Waals surface area contributed by atoms with Gasteiger partial charge in [0.15, 0.2) is 18.0 Å². The third-order valence-corrected chi connectivity index (χ3v) is 3.35. The molecule has 0 aromatic rings. The van der Waals surface area contributed by atoms with E-state index in [0.29, 0.717) is 0 Å². The van der Waals surface area contributed by atoms with Crippen LogP contribution in [0.25, 0.3) is 0 Å². The quantitative estimate of drug-likeness (QED) is 0.732. The monoisotopic (exact) mass is 258 g/mol. The van der Waals surface area contributed by atoms with Crippen LogP contribution in [0.5, 0.6) is 0 Å². The number of carbonyl (C=O) groups excluding carboxylic acids is 2. The van der Waals surface area contributed by atoms with Gasteiger partial charge in [-0.25, -0.2) is 0 Å². The lowest BCUT2D eigenvalue weighted by atomic mass is 9.87. The summed E-state index contributed by atoms with van der Waals surface area (Å²) in [6.07, 6.45) is -1.86. The Labute approximate surface area is 107 Å². The lowest BCUT2D eigenvalue weighted by molar-refractivity contribution is -0.223. The standard InChI is InChI=1S/C12H22N2O4/c1-11(2,3)12(4)17-7(9(15)13-5)8(18-12)10(16)14-6/h7-8H,1-6H3,(H,13,15)(H,14,16). The van der Waals surface area contributed by atoms with Crippen LogP contribution in [-0.4, -0.2) is 43.9 Å². The second-order valence-corrected chi connectivity index (χ2v) is 5.50. The summed E-state index contributed by atoms with van der Waals surface area (Å²) < 4.78 is 11.4. The van der Waals surface area contributed by atoms with Crippen LogP contribution in [0.3, 0.4) is 0 Å². The average molecular weight is 258 g/mol. The Balaban J connectivity index is 3.03. The number of likely N-dealkylation sites (N-methyl/N-ethyl adjacent to an activating group) is 2. The fraction of sp³-hybridized carbons (Fsp3) is 0.833. The Bertz CT molecular complexity index is 324.